The summed E-state index contributed by atoms with van der Waals surface area (Å²) in [5.74, 6) is 0.883. The van der Waals surface area contributed by atoms with Crippen molar-refractivity contribution in [2.75, 3.05) is 21.3 Å². The Bertz CT molecular complexity index is 450. The number of ether oxygens (including phenoxy) is 3. The normalized spacial score (nSPS) is 23.2. The lowest BCUT2D eigenvalue weighted by Crippen LogP contribution is -2.30. The first-order valence-corrected chi connectivity index (χ1v) is 7.62. The lowest BCUT2D eigenvalue weighted by molar-refractivity contribution is 0.106. The Morgan fingerprint density at radius 2 is 2.05 bits per heavy atom. The van der Waals surface area contributed by atoms with Crippen molar-refractivity contribution in [1.82, 2.24) is 5.32 Å². The molecular formula is C17H27NO3. The quantitative estimate of drug-likeness (QED) is 0.838. The standard InChI is InChI=1S/C17H27NO3/c1-12(18-15-6-7-16(10-15)20-3)13-5-8-17(21-4)14(9-13)11-19-2/h5,8-9,12,15-16,18H,6-7,10-11H2,1-4H3. The van der Waals surface area contributed by atoms with Crippen molar-refractivity contribution in [3.05, 3.63) is 29.3 Å². The van der Waals surface area contributed by atoms with E-state index in [-0.39, 0.29) is 0 Å². The lowest BCUT2D eigenvalue weighted by atomic mass is 10.0. The minimum Gasteiger partial charge on any atom is -0.496 e. The average Bonchev–Trinajstić information content (AvgIpc) is 2.95. The van der Waals surface area contributed by atoms with Crippen LogP contribution in [0, 0.1) is 0 Å². The molecule has 1 aromatic rings. The smallest absolute Gasteiger partial charge is 0.124 e. The Morgan fingerprint density at radius 1 is 1.24 bits per heavy atom. The SMILES string of the molecule is COCc1cc(C(C)NC2CCC(OC)C2)ccc1OC. The summed E-state index contributed by atoms with van der Waals surface area (Å²) in [6, 6.07) is 7.17. The number of benzene rings is 1. The van der Waals surface area contributed by atoms with E-state index < -0.39 is 0 Å². The third kappa shape index (κ3) is 4.19. The van der Waals surface area contributed by atoms with Crippen LogP contribution in [0.1, 0.15) is 43.4 Å². The number of hydrogen-bond acceptors (Lipinski definition) is 4. The van der Waals surface area contributed by atoms with Crippen LogP contribution < -0.4 is 10.1 Å². The van der Waals surface area contributed by atoms with Gasteiger partial charge in [0, 0.05) is 31.9 Å². The zero-order valence-corrected chi connectivity index (χ0v) is 13.5. The molecule has 0 radical (unpaired) electrons. The van der Waals surface area contributed by atoms with Gasteiger partial charge in [0.25, 0.3) is 0 Å². The molecule has 118 valence electrons. The van der Waals surface area contributed by atoms with Crippen molar-refractivity contribution in [2.45, 2.75) is 51.0 Å². The van der Waals surface area contributed by atoms with E-state index in [4.69, 9.17) is 14.2 Å². The molecule has 4 heteroatoms. The third-order valence-electron chi connectivity index (χ3n) is 4.31. The predicted molar refractivity (Wildman–Crippen MR) is 83.7 cm³/mol. The molecule has 1 saturated carbocycles. The van der Waals surface area contributed by atoms with Gasteiger partial charge in [0.1, 0.15) is 5.75 Å². The molecule has 0 aromatic heterocycles. The van der Waals surface area contributed by atoms with Crippen LogP contribution in [0.3, 0.4) is 0 Å². The summed E-state index contributed by atoms with van der Waals surface area (Å²) in [6.07, 6.45) is 3.85. The molecule has 0 amide bonds. The summed E-state index contributed by atoms with van der Waals surface area (Å²) in [7, 11) is 5.20. The van der Waals surface area contributed by atoms with E-state index in [0.29, 0.717) is 24.8 Å². The van der Waals surface area contributed by atoms with Crippen LogP contribution in [0.25, 0.3) is 0 Å². The van der Waals surface area contributed by atoms with Crippen LogP contribution in [0.5, 0.6) is 5.75 Å². The topological polar surface area (TPSA) is 39.7 Å². The van der Waals surface area contributed by atoms with Gasteiger partial charge >= 0.3 is 0 Å². The predicted octanol–water partition coefficient (Wildman–Crippen LogP) is 3.06. The van der Waals surface area contributed by atoms with Crippen LogP contribution in [0.2, 0.25) is 0 Å². The molecule has 3 atom stereocenters. The summed E-state index contributed by atoms with van der Waals surface area (Å²) < 4.78 is 16.1. The van der Waals surface area contributed by atoms with Crippen molar-refractivity contribution in [3.8, 4) is 5.75 Å². The first kappa shape index (κ1) is 16.3. The van der Waals surface area contributed by atoms with Crippen molar-refractivity contribution in [2.24, 2.45) is 0 Å². The zero-order valence-electron chi connectivity index (χ0n) is 13.5. The second-order valence-corrected chi connectivity index (χ2v) is 5.76. The van der Waals surface area contributed by atoms with E-state index in [9.17, 15) is 0 Å². The molecule has 21 heavy (non-hydrogen) atoms. The van der Waals surface area contributed by atoms with Gasteiger partial charge in [0.15, 0.2) is 0 Å². The fourth-order valence-electron chi connectivity index (χ4n) is 3.09. The highest BCUT2D eigenvalue weighted by Crippen LogP contribution is 2.27. The zero-order chi connectivity index (χ0) is 15.2. The maximum absolute atomic E-state index is 5.44. The van der Waals surface area contributed by atoms with Gasteiger partial charge in [0.2, 0.25) is 0 Å². The van der Waals surface area contributed by atoms with Crippen molar-refractivity contribution < 1.29 is 14.2 Å². The molecule has 0 aliphatic heterocycles. The van der Waals surface area contributed by atoms with E-state index in [1.54, 1.807) is 21.3 Å². The van der Waals surface area contributed by atoms with Gasteiger partial charge < -0.3 is 19.5 Å². The minimum absolute atomic E-state index is 0.312. The van der Waals surface area contributed by atoms with Gasteiger partial charge in [0.05, 0.1) is 19.8 Å². The average molecular weight is 293 g/mol. The van der Waals surface area contributed by atoms with Crippen LogP contribution in [-0.2, 0) is 16.1 Å². The van der Waals surface area contributed by atoms with E-state index in [2.05, 4.69) is 24.4 Å². The van der Waals surface area contributed by atoms with Gasteiger partial charge in [-0.1, -0.05) is 6.07 Å². The fourth-order valence-corrected chi connectivity index (χ4v) is 3.09. The first-order chi connectivity index (χ1) is 10.2. The van der Waals surface area contributed by atoms with Crippen molar-refractivity contribution in [3.63, 3.8) is 0 Å². The highest BCUT2D eigenvalue weighted by Gasteiger charge is 2.25. The van der Waals surface area contributed by atoms with Gasteiger partial charge in [-0.25, -0.2) is 0 Å². The van der Waals surface area contributed by atoms with Gasteiger partial charge in [-0.05, 0) is 43.9 Å². The highest BCUT2D eigenvalue weighted by molar-refractivity contribution is 5.38. The molecular weight excluding hydrogens is 266 g/mol. The Morgan fingerprint density at radius 3 is 2.67 bits per heavy atom. The molecule has 4 nitrogen and oxygen atoms in total. The van der Waals surface area contributed by atoms with E-state index in [1.807, 2.05) is 6.07 Å². The summed E-state index contributed by atoms with van der Waals surface area (Å²) in [4.78, 5) is 0. The summed E-state index contributed by atoms with van der Waals surface area (Å²) in [5.41, 5.74) is 2.36. The fraction of sp³-hybridized carbons (Fsp3) is 0.647. The highest BCUT2D eigenvalue weighted by atomic mass is 16.5. The summed E-state index contributed by atoms with van der Waals surface area (Å²) in [6.45, 7) is 2.78. The molecule has 1 aliphatic rings. The molecule has 3 unspecified atom stereocenters. The number of hydrogen-bond donors (Lipinski definition) is 1. The number of methoxy groups -OCH3 is 3. The van der Waals surface area contributed by atoms with E-state index >= 15 is 0 Å². The molecule has 0 saturated heterocycles. The number of rotatable bonds is 7. The van der Waals surface area contributed by atoms with E-state index in [1.165, 1.54) is 12.0 Å². The molecule has 1 aromatic carbocycles. The summed E-state index contributed by atoms with van der Waals surface area (Å²) in [5, 5.41) is 3.70. The minimum atomic E-state index is 0.312. The Kier molecular flexibility index (Phi) is 6.03. The van der Waals surface area contributed by atoms with Crippen molar-refractivity contribution >= 4 is 0 Å². The molecule has 1 aliphatic carbocycles. The van der Waals surface area contributed by atoms with Crippen molar-refractivity contribution in [1.29, 1.82) is 0 Å². The molecule has 1 N–H and O–H groups in total. The third-order valence-corrected chi connectivity index (χ3v) is 4.31. The molecule has 2 rings (SSSR count). The van der Waals surface area contributed by atoms with Gasteiger partial charge in [-0.2, -0.15) is 0 Å². The first-order valence-electron chi connectivity index (χ1n) is 7.62. The Labute approximate surface area is 127 Å². The molecule has 1 fully saturated rings. The second-order valence-electron chi connectivity index (χ2n) is 5.76. The van der Waals surface area contributed by atoms with Crippen LogP contribution in [-0.4, -0.2) is 33.5 Å². The van der Waals surface area contributed by atoms with Crippen LogP contribution in [0.4, 0.5) is 0 Å². The van der Waals surface area contributed by atoms with Gasteiger partial charge in [-0.15, -0.1) is 0 Å². The van der Waals surface area contributed by atoms with Crippen LogP contribution in [0.15, 0.2) is 18.2 Å². The van der Waals surface area contributed by atoms with E-state index in [0.717, 1.165) is 24.2 Å². The maximum Gasteiger partial charge on any atom is 0.124 e. The molecule has 0 spiro atoms. The Hall–Kier alpha value is -1.10. The summed E-state index contributed by atoms with van der Waals surface area (Å²) >= 11 is 0. The lowest BCUT2D eigenvalue weighted by Gasteiger charge is -2.21. The molecule has 0 bridgehead atoms. The largest absolute Gasteiger partial charge is 0.496 e. The maximum atomic E-state index is 5.44. The Balaban J connectivity index is 2.01. The number of nitrogens with one attached hydrogen (secondary N) is 1. The van der Waals surface area contributed by atoms with Crippen LogP contribution >= 0.6 is 0 Å². The molecule has 0 heterocycles. The second kappa shape index (κ2) is 7.78. The van der Waals surface area contributed by atoms with Gasteiger partial charge in [-0.3, -0.25) is 0 Å². The monoisotopic (exact) mass is 293 g/mol.